The molecule has 0 spiro atoms. The first kappa shape index (κ1) is 8.44. The molecule has 1 saturated carbocycles. The van der Waals surface area contributed by atoms with Gasteiger partial charge in [0, 0.05) is 12.7 Å². The molecule has 4 heteroatoms. The number of rotatable bonds is 3. The quantitative estimate of drug-likeness (QED) is 0.720. The van der Waals surface area contributed by atoms with Crippen LogP contribution in [-0.2, 0) is 0 Å². The summed E-state index contributed by atoms with van der Waals surface area (Å²) in [6, 6.07) is 1.79. The number of hydrogen-bond acceptors (Lipinski definition) is 4. The zero-order chi connectivity index (χ0) is 9.15. The highest BCUT2D eigenvalue weighted by Crippen LogP contribution is 2.31. The predicted octanol–water partition coefficient (Wildman–Crippen LogP) is 0.804. The summed E-state index contributed by atoms with van der Waals surface area (Å²) in [6.07, 6.45) is 6.09. The van der Waals surface area contributed by atoms with E-state index in [9.17, 15) is 5.11 Å². The largest absolute Gasteiger partial charge is 0.388 e. The van der Waals surface area contributed by atoms with Gasteiger partial charge in [0.1, 0.15) is 12.1 Å². The fraction of sp³-hybridized carbons (Fsp3) is 0.556. The topological polar surface area (TPSA) is 58.0 Å². The molecule has 0 atom stereocenters. The molecular weight excluding hydrogens is 166 g/mol. The molecule has 1 aromatic heterocycles. The summed E-state index contributed by atoms with van der Waals surface area (Å²) in [5, 5.41) is 12.9. The Morgan fingerprint density at radius 3 is 2.92 bits per heavy atom. The maximum Gasteiger partial charge on any atom is 0.129 e. The molecule has 0 bridgehead atoms. The van der Waals surface area contributed by atoms with Gasteiger partial charge in [0.05, 0.1) is 5.60 Å². The van der Waals surface area contributed by atoms with Crippen molar-refractivity contribution in [1.82, 2.24) is 9.97 Å². The zero-order valence-electron chi connectivity index (χ0n) is 7.40. The van der Waals surface area contributed by atoms with Crippen LogP contribution in [-0.4, -0.2) is 27.2 Å². The summed E-state index contributed by atoms with van der Waals surface area (Å²) in [7, 11) is 0. The Bertz CT molecular complexity index is 271. The molecule has 0 unspecified atom stereocenters. The Balaban J connectivity index is 1.86. The molecule has 2 N–H and O–H groups in total. The Morgan fingerprint density at radius 2 is 2.38 bits per heavy atom. The van der Waals surface area contributed by atoms with Crippen LogP contribution in [0.15, 0.2) is 18.6 Å². The third-order valence-corrected chi connectivity index (χ3v) is 2.46. The fourth-order valence-electron chi connectivity index (χ4n) is 1.41. The van der Waals surface area contributed by atoms with E-state index in [0.717, 1.165) is 25.1 Å². The van der Waals surface area contributed by atoms with Gasteiger partial charge >= 0.3 is 0 Å². The van der Waals surface area contributed by atoms with Crippen molar-refractivity contribution in [3.8, 4) is 0 Å². The number of nitrogens with zero attached hydrogens (tertiary/aromatic N) is 2. The first-order chi connectivity index (χ1) is 6.29. The van der Waals surface area contributed by atoms with Gasteiger partial charge in [-0.25, -0.2) is 9.97 Å². The van der Waals surface area contributed by atoms with Gasteiger partial charge in [-0.3, -0.25) is 0 Å². The summed E-state index contributed by atoms with van der Waals surface area (Å²) in [5.74, 6) is 0.773. The molecule has 0 aromatic carbocycles. The van der Waals surface area contributed by atoms with E-state index in [0.29, 0.717) is 6.54 Å². The minimum absolute atomic E-state index is 0.495. The second-order valence-corrected chi connectivity index (χ2v) is 3.53. The van der Waals surface area contributed by atoms with Crippen LogP contribution in [0.5, 0.6) is 0 Å². The van der Waals surface area contributed by atoms with E-state index < -0.39 is 5.60 Å². The molecule has 1 fully saturated rings. The van der Waals surface area contributed by atoms with Gasteiger partial charge in [0.25, 0.3) is 0 Å². The second-order valence-electron chi connectivity index (χ2n) is 3.53. The van der Waals surface area contributed by atoms with Crippen LogP contribution in [0.4, 0.5) is 5.82 Å². The van der Waals surface area contributed by atoms with Crippen LogP contribution < -0.4 is 5.32 Å². The van der Waals surface area contributed by atoms with Gasteiger partial charge < -0.3 is 10.4 Å². The lowest BCUT2D eigenvalue weighted by atomic mass is 9.80. The maximum absolute atomic E-state index is 9.77. The van der Waals surface area contributed by atoms with Gasteiger partial charge in [-0.05, 0) is 25.3 Å². The van der Waals surface area contributed by atoms with Crippen LogP contribution in [0.3, 0.4) is 0 Å². The standard InChI is InChI=1S/C9H13N3O/c13-9(3-1-4-9)6-11-8-2-5-10-7-12-8/h2,5,7,13H,1,3-4,6H2,(H,10,11,12). The minimum Gasteiger partial charge on any atom is -0.388 e. The van der Waals surface area contributed by atoms with Crippen molar-refractivity contribution >= 4 is 5.82 Å². The van der Waals surface area contributed by atoms with Gasteiger partial charge in [-0.2, -0.15) is 0 Å². The van der Waals surface area contributed by atoms with E-state index in [2.05, 4.69) is 15.3 Å². The van der Waals surface area contributed by atoms with Crippen LogP contribution in [0.1, 0.15) is 19.3 Å². The maximum atomic E-state index is 9.77. The van der Waals surface area contributed by atoms with Crippen molar-refractivity contribution in [1.29, 1.82) is 0 Å². The summed E-state index contributed by atoms with van der Waals surface area (Å²) in [5.41, 5.74) is -0.495. The van der Waals surface area contributed by atoms with Crippen molar-refractivity contribution in [3.05, 3.63) is 18.6 Å². The summed E-state index contributed by atoms with van der Waals surface area (Å²) in [4.78, 5) is 7.82. The summed E-state index contributed by atoms with van der Waals surface area (Å²) in [6.45, 7) is 0.587. The number of nitrogens with one attached hydrogen (secondary N) is 1. The number of hydrogen-bond donors (Lipinski definition) is 2. The van der Waals surface area contributed by atoms with Crippen molar-refractivity contribution in [2.24, 2.45) is 0 Å². The lowest BCUT2D eigenvalue weighted by molar-refractivity contribution is -0.0202. The van der Waals surface area contributed by atoms with Crippen LogP contribution >= 0.6 is 0 Å². The Kier molecular flexibility index (Phi) is 2.14. The second kappa shape index (κ2) is 3.30. The lowest BCUT2D eigenvalue weighted by Crippen LogP contribution is -2.43. The highest BCUT2D eigenvalue weighted by atomic mass is 16.3. The SMILES string of the molecule is OC1(CNc2ccncn2)CCC1. The summed E-state index contributed by atoms with van der Waals surface area (Å²) >= 11 is 0. The Labute approximate surface area is 77.0 Å². The molecule has 0 saturated heterocycles. The minimum atomic E-state index is -0.495. The molecule has 0 amide bonds. The van der Waals surface area contributed by atoms with Crippen LogP contribution in [0, 0.1) is 0 Å². The Hall–Kier alpha value is -1.16. The third kappa shape index (κ3) is 1.95. The van der Waals surface area contributed by atoms with E-state index >= 15 is 0 Å². The van der Waals surface area contributed by atoms with Crippen molar-refractivity contribution in [2.75, 3.05) is 11.9 Å². The number of anilines is 1. The molecule has 1 aliphatic carbocycles. The van der Waals surface area contributed by atoms with Gasteiger partial charge in [-0.15, -0.1) is 0 Å². The predicted molar refractivity (Wildman–Crippen MR) is 49.3 cm³/mol. The Morgan fingerprint density at radius 1 is 1.54 bits per heavy atom. The van der Waals surface area contributed by atoms with E-state index in [1.807, 2.05) is 0 Å². The van der Waals surface area contributed by atoms with E-state index in [1.165, 1.54) is 6.33 Å². The van der Waals surface area contributed by atoms with Gasteiger partial charge in [-0.1, -0.05) is 0 Å². The number of aliphatic hydroxyl groups is 1. The molecule has 1 heterocycles. The van der Waals surface area contributed by atoms with Crippen molar-refractivity contribution in [2.45, 2.75) is 24.9 Å². The third-order valence-electron chi connectivity index (χ3n) is 2.46. The van der Waals surface area contributed by atoms with Gasteiger partial charge in [0.15, 0.2) is 0 Å². The van der Waals surface area contributed by atoms with Crippen molar-refractivity contribution < 1.29 is 5.11 Å². The highest BCUT2D eigenvalue weighted by molar-refractivity contribution is 5.32. The zero-order valence-corrected chi connectivity index (χ0v) is 7.40. The van der Waals surface area contributed by atoms with Crippen LogP contribution in [0.25, 0.3) is 0 Å². The molecule has 1 aromatic rings. The molecule has 1 aliphatic rings. The van der Waals surface area contributed by atoms with Crippen molar-refractivity contribution in [3.63, 3.8) is 0 Å². The highest BCUT2D eigenvalue weighted by Gasteiger charge is 2.33. The molecule has 4 nitrogen and oxygen atoms in total. The molecular formula is C9H13N3O. The molecule has 2 rings (SSSR count). The van der Waals surface area contributed by atoms with E-state index in [-0.39, 0.29) is 0 Å². The van der Waals surface area contributed by atoms with E-state index in [1.54, 1.807) is 12.3 Å². The monoisotopic (exact) mass is 179 g/mol. The number of aromatic nitrogens is 2. The normalized spacial score (nSPS) is 19.2. The van der Waals surface area contributed by atoms with Crippen LogP contribution in [0.2, 0.25) is 0 Å². The van der Waals surface area contributed by atoms with E-state index in [4.69, 9.17) is 0 Å². The average Bonchev–Trinajstić information content (AvgIpc) is 2.13. The van der Waals surface area contributed by atoms with Gasteiger partial charge in [0.2, 0.25) is 0 Å². The lowest BCUT2D eigenvalue weighted by Gasteiger charge is -2.36. The molecule has 0 aliphatic heterocycles. The first-order valence-electron chi connectivity index (χ1n) is 4.51. The molecule has 0 radical (unpaired) electrons. The molecule has 13 heavy (non-hydrogen) atoms. The first-order valence-corrected chi connectivity index (χ1v) is 4.51. The molecule has 70 valence electrons. The smallest absolute Gasteiger partial charge is 0.129 e. The average molecular weight is 179 g/mol. The fourth-order valence-corrected chi connectivity index (χ4v) is 1.41. The summed E-state index contributed by atoms with van der Waals surface area (Å²) < 4.78 is 0.